The minimum atomic E-state index is -3.45. The van der Waals surface area contributed by atoms with Crippen molar-refractivity contribution >= 4 is 15.7 Å². The van der Waals surface area contributed by atoms with Crippen molar-refractivity contribution in [1.82, 2.24) is 4.72 Å². The van der Waals surface area contributed by atoms with E-state index in [4.69, 9.17) is 5.73 Å². The van der Waals surface area contributed by atoms with Crippen LogP contribution in [0.4, 0.5) is 5.69 Å². The van der Waals surface area contributed by atoms with Gasteiger partial charge in [0, 0.05) is 11.7 Å². The summed E-state index contributed by atoms with van der Waals surface area (Å²) in [5.74, 6) is 0. The van der Waals surface area contributed by atoms with Gasteiger partial charge in [0.05, 0.1) is 4.90 Å². The molecule has 0 aliphatic carbocycles. The lowest BCUT2D eigenvalue weighted by Crippen LogP contribution is -2.34. The maximum atomic E-state index is 12.1. The number of nitrogen functional groups attached to an aromatic ring is 1. The fraction of sp³-hybridized carbons (Fsp3) is 0.500. The predicted octanol–water partition coefficient (Wildman–Crippen LogP) is 2.13. The second-order valence-electron chi connectivity index (χ2n) is 4.09. The highest BCUT2D eigenvalue weighted by Gasteiger charge is 2.18. The number of nitrogens with two attached hydrogens (primary N) is 1. The van der Waals surface area contributed by atoms with Crippen LogP contribution < -0.4 is 10.5 Å². The van der Waals surface area contributed by atoms with Crippen molar-refractivity contribution in [3.8, 4) is 0 Å². The molecule has 1 rings (SSSR count). The van der Waals surface area contributed by atoms with Crippen molar-refractivity contribution in [2.75, 3.05) is 5.73 Å². The second kappa shape index (κ2) is 6.02. The summed E-state index contributed by atoms with van der Waals surface area (Å²) in [5.41, 5.74) is 6.04. The van der Waals surface area contributed by atoms with Crippen LogP contribution >= 0.6 is 0 Å². The summed E-state index contributed by atoms with van der Waals surface area (Å²) in [5, 5.41) is 0. The van der Waals surface area contributed by atoms with Gasteiger partial charge in [-0.05, 0) is 31.0 Å². The van der Waals surface area contributed by atoms with Crippen LogP contribution in [0.1, 0.15) is 33.1 Å². The van der Waals surface area contributed by atoms with Crippen LogP contribution in [-0.4, -0.2) is 14.5 Å². The van der Waals surface area contributed by atoms with Gasteiger partial charge in [-0.25, -0.2) is 13.1 Å². The Morgan fingerprint density at radius 1 is 1.35 bits per heavy atom. The number of hydrogen-bond donors (Lipinski definition) is 2. The van der Waals surface area contributed by atoms with Gasteiger partial charge < -0.3 is 5.73 Å². The normalized spacial score (nSPS) is 13.5. The first-order chi connectivity index (χ1) is 7.99. The molecule has 0 heterocycles. The molecular weight excluding hydrogens is 236 g/mol. The molecule has 0 radical (unpaired) electrons. The Hall–Kier alpha value is -1.07. The van der Waals surface area contributed by atoms with E-state index in [1.165, 1.54) is 6.07 Å². The van der Waals surface area contributed by atoms with E-state index in [0.717, 1.165) is 19.3 Å². The highest BCUT2D eigenvalue weighted by Crippen LogP contribution is 2.14. The lowest BCUT2D eigenvalue weighted by atomic mass is 10.1. The average Bonchev–Trinajstić information content (AvgIpc) is 2.28. The Morgan fingerprint density at radius 3 is 2.59 bits per heavy atom. The van der Waals surface area contributed by atoms with E-state index >= 15 is 0 Å². The number of nitrogens with one attached hydrogen (secondary N) is 1. The summed E-state index contributed by atoms with van der Waals surface area (Å²) < 4.78 is 26.8. The highest BCUT2D eigenvalue weighted by molar-refractivity contribution is 7.89. The highest BCUT2D eigenvalue weighted by atomic mass is 32.2. The van der Waals surface area contributed by atoms with E-state index < -0.39 is 10.0 Å². The van der Waals surface area contributed by atoms with Crippen molar-refractivity contribution in [2.24, 2.45) is 0 Å². The first-order valence-corrected chi connectivity index (χ1v) is 7.35. The number of hydrogen-bond acceptors (Lipinski definition) is 3. The zero-order valence-electron chi connectivity index (χ0n) is 10.3. The Kier molecular flexibility index (Phi) is 4.96. The molecule has 3 N–H and O–H groups in total. The average molecular weight is 256 g/mol. The van der Waals surface area contributed by atoms with Crippen LogP contribution in [0.3, 0.4) is 0 Å². The van der Waals surface area contributed by atoms with Crippen molar-refractivity contribution in [3.63, 3.8) is 0 Å². The number of rotatable bonds is 6. The summed E-state index contributed by atoms with van der Waals surface area (Å²) in [6, 6.07) is 6.33. The molecule has 0 aliphatic rings. The molecule has 0 amide bonds. The molecule has 1 unspecified atom stereocenters. The number of benzene rings is 1. The minimum absolute atomic E-state index is 0.00793. The molecule has 0 fully saturated rings. The van der Waals surface area contributed by atoms with Gasteiger partial charge in [-0.15, -0.1) is 0 Å². The Bertz CT molecular complexity index is 457. The van der Waals surface area contributed by atoms with E-state index in [-0.39, 0.29) is 10.9 Å². The number of anilines is 1. The van der Waals surface area contributed by atoms with E-state index in [9.17, 15) is 8.42 Å². The summed E-state index contributed by atoms with van der Waals surface area (Å²) >= 11 is 0. The molecule has 1 aromatic carbocycles. The van der Waals surface area contributed by atoms with Crippen LogP contribution in [0.2, 0.25) is 0 Å². The van der Waals surface area contributed by atoms with Crippen molar-refractivity contribution in [3.05, 3.63) is 24.3 Å². The largest absolute Gasteiger partial charge is 0.399 e. The zero-order chi connectivity index (χ0) is 12.9. The maximum absolute atomic E-state index is 12.1. The molecule has 0 spiro atoms. The molecule has 0 aliphatic heterocycles. The molecule has 1 atom stereocenters. The third-order valence-electron chi connectivity index (χ3n) is 2.62. The van der Waals surface area contributed by atoms with Gasteiger partial charge >= 0.3 is 0 Å². The van der Waals surface area contributed by atoms with Crippen molar-refractivity contribution < 1.29 is 8.42 Å². The zero-order valence-corrected chi connectivity index (χ0v) is 11.1. The second-order valence-corrected chi connectivity index (χ2v) is 5.80. The topological polar surface area (TPSA) is 72.2 Å². The lowest BCUT2D eigenvalue weighted by Gasteiger charge is -2.16. The fourth-order valence-electron chi connectivity index (χ4n) is 1.66. The van der Waals surface area contributed by atoms with Crippen LogP contribution in [0, 0.1) is 0 Å². The Morgan fingerprint density at radius 2 is 2.06 bits per heavy atom. The van der Waals surface area contributed by atoms with Gasteiger partial charge in [-0.3, -0.25) is 0 Å². The molecule has 17 heavy (non-hydrogen) atoms. The van der Waals surface area contributed by atoms with Crippen molar-refractivity contribution in [2.45, 2.75) is 44.0 Å². The quantitative estimate of drug-likeness (QED) is 0.766. The van der Waals surface area contributed by atoms with Gasteiger partial charge in [0.1, 0.15) is 0 Å². The maximum Gasteiger partial charge on any atom is 0.240 e. The van der Waals surface area contributed by atoms with Crippen LogP contribution in [0.25, 0.3) is 0 Å². The summed E-state index contributed by atoms with van der Waals surface area (Å²) in [4.78, 5) is 0.229. The van der Waals surface area contributed by atoms with Gasteiger partial charge in [-0.2, -0.15) is 0 Å². The molecule has 0 bridgehead atoms. The van der Waals surface area contributed by atoms with E-state index in [1.807, 2.05) is 13.8 Å². The third-order valence-corrected chi connectivity index (χ3v) is 4.14. The standard InChI is InChI=1S/C12H20N2O2S/c1-3-6-11(4-2)14-17(15,16)12-8-5-7-10(13)9-12/h5,7-9,11,14H,3-4,6,13H2,1-2H3. The van der Waals surface area contributed by atoms with E-state index in [0.29, 0.717) is 5.69 Å². The van der Waals surface area contributed by atoms with Gasteiger partial charge in [0.2, 0.25) is 10.0 Å². The summed E-state index contributed by atoms with van der Waals surface area (Å²) in [7, 11) is -3.45. The molecule has 5 heteroatoms. The molecule has 96 valence electrons. The van der Waals surface area contributed by atoms with Gasteiger partial charge in [-0.1, -0.05) is 26.3 Å². The van der Waals surface area contributed by atoms with Crippen LogP contribution in [0.5, 0.6) is 0 Å². The van der Waals surface area contributed by atoms with Gasteiger partial charge in [0.25, 0.3) is 0 Å². The molecule has 4 nitrogen and oxygen atoms in total. The molecule has 1 aromatic rings. The summed E-state index contributed by atoms with van der Waals surface area (Å²) in [6.07, 6.45) is 2.59. The molecular formula is C12H20N2O2S. The monoisotopic (exact) mass is 256 g/mol. The van der Waals surface area contributed by atoms with Crippen molar-refractivity contribution in [1.29, 1.82) is 0 Å². The van der Waals surface area contributed by atoms with Crippen LogP contribution in [0.15, 0.2) is 29.2 Å². The molecule has 0 saturated carbocycles. The molecule has 0 aromatic heterocycles. The number of sulfonamides is 1. The SMILES string of the molecule is CCCC(CC)NS(=O)(=O)c1cccc(N)c1. The Balaban J connectivity index is 2.88. The predicted molar refractivity (Wildman–Crippen MR) is 70.2 cm³/mol. The fourth-order valence-corrected chi connectivity index (χ4v) is 3.07. The smallest absolute Gasteiger partial charge is 0.240 e. The lowest BCUT2D eigenvalue weighted by molar-refractivity contribution is 0.512. The van der Waals surface area contributed by atoms with Crippen LogP contribution in [-0.2, 0) is 10.0 Å². The minimum Gasteiger partial charge on any atom is -0.399 e. The van der Waals surface area contributed by atoms with E-state index in [1.54, 1.807) is 18.2 Å². The van der Waals surface area contributed by atoms with E-state index in [2.05, 4.69) is 4.72 Å². The molecule has 0 saturated heterocycles. The van der Waals surface area contributed by atoms with Gasteiger partial charge in [0.15, 0.2) is 0 Å². The Labute approximate surface area is 103 Å². The summed E-state index contributed by atoms with van der Waals surface area (Å²) in [6.45, 7) is 4.01. The third kappa shape index (κ3) is 4.02. The first kappa shape index (κ1) is 14.0. The first-order valence-electron chi connectivity index (χ1n) is 5.87.